The fourth-order valence-corrected chi connectivity index (χ4v) is 10.8. The maximum absolute atomic E-state index is 7.21. The predicted molar refractivity (Wildman–Crippen MR) is 312 cm³/mol. The number of hydrogen-bond acceptors (Lipinski definition) is 5. The number of fused-ring (bicyclic) bond motifs is 10. The number of hydrogen-bond donors (Lipinski definition) is 0. The molecule has 0 unspecified atom stereocenters. The molecule has 0 radical (unpaired) electrons. The Morgan fingerprint density at radius 3 is 1.49 bits per heavy atom. The molecular formula is C51H40B10N4O2. The van der Waals surface area contributed by atoms with E-state index in [-0.39, 0.29) is 0 Å². The van der Waals surface area contributed by atoms with Crippen LogP contribution in [0.5, 0.6) is 0 Å². The molecule has 4 aromatic heterocycles. The molecule has 12 aromatic rings. The van der Waals surface area contributed by atoms with Gasteiger partial charge in [-0.2, -0.15) is 0 Å². The van der Waals surface area contributed by atoms with Crippen molar-refractivity contribution in [2.24, 2.45) is 0 Å². The normalized spacial score (nSPS) is 11.9. The van der Waals surface area contributed by atoms with Crippen LogP contribution in [0.15, 0.2) is 130 Å². The van der Waals surface area contributed by atoms with E-state index in [9.17, 15) is 0 Å². The van der Waals surface area contributed by atoms with Gasteiger partial charge >= 0.3 is 0 Å². The number of benzene rings is 8. The van der Waals surface area contributed by atoms with Gasteiger partial charge in [-0.15, -0.1) is 10.9 Å². The van der Waals surface area contributed by atoms with E-state index in [0.717, 1.165) is 72.1 Å². The van der Waals surface area contributed by atoms with Crippen LogP contribution in [0.25, 0.3) is 117 Å². The molecule has 4 heterocycles. The summed E-state index contributed by atoms with van der Waals surface area (Å²) in [6.07, 6.45) is 0. The summed E-state index contributed by atoms with van der Waals surface area (Å²) in [5.74, 6) is 1.80. The Bertz CT molecular complexity index is 4110. The standard InChI is InChI=1S/C51H40B10N4O2/c52-35-32-31-36(53)39(56)41(58)43(60)45(31)65(46(32)48-34(37(35)54)33-38(55)40(57)42(59)44(61)47(33)67-48)26-15-17-28-27-16-14-25(19-29(27)66-30(28)20-26)51-63-49(22-10-5-2-6-11-22)62-50(64-51)24-13-7-12-23(18-24)21-8-3-1-4-9-21/h1-20H,52-61H2. The minimum Gasteiger partial charge on any atom is -0.456 e. The maximum atomic E-state index is 7.21. The highest BCUT2D eigenvalue weighted by Crippen LogP contribution is 2.39. The second-order valence-electron chi connectivity index (χ2n) is 18.7. The average molecular weight is 849 g/mol. The van der Waals surface area contributed by atoms with Crippen molar-refractivity contribution in [1.29, 1.82) is 0 Å². The first kappa shape index (κ1) is 41.3. The molecular weight excluding hydrogens is 809 g/mol. The van der Waals surface area contributed by atoms with Crippen LogP contribution in [0.4, 0.5) is 0 Å². The molecule has 12 rings (SSSR count). The van der Waals surface area contributed by atoms with Crippen molar-refractivity contribution < 1.29 is 8.83 Å². The highest BCUT2D eigenvalue weighted by molar-refractivity contribution is 6.71. The lowest BCUT2D eigenvalue weighted by Crippen LogP contribution is -2.48. The van der Waals surface area contributed by atoms with Crippen LogP contribution in [0.3, 0.4) is 0 Å². The summed E-state index contributed by atoms with van der Waals surface area (Å²) in [4.78, 5) is 15.2. The van der Waals surface area contributed by atoms with E-state index in [0.29, 0.717) is 17.5 Å². The molecule has 0 aliphatic rings. The summed E-state index contributed by atoms with van der Waals surface area (Å²) in [7, 11) is 22.6. The van der Waals surface area contributed by atoms with Crippen molar-refractivity contribution >= 4 is 199 Å². The minimum absolute atomic E-state index is 0.579. The molecule has 0 atom stereocenters. The van der Waals surface area contributed by atoms with E-state index < -0.39 is 0 Å². The Balaban J connectivity index is 1.07. The van der Waals surface area contributed by atoms with Gasteiger partial charge in [-0.25, -0.2) is 15.0 Å². The molecule has 0 saturated heterocycles. The molecule has 6 nitrogen and oxygen atoms in total. The monoisotopic (exact) mass is 850 g/mol. The van der Waals surface area contributed by atoms with Crippen molar-refractivity contribution in [3.63, 3.8) is 0 Å². The van der Waals surface area contributed by atoms with Gasteiger partial charge in [-0.1, -0.05) is 129 Å². The Kier molecular flexibility index (Phi) is 9.35. The van der Waals surface area contributed by atoms with E-state index in [1.165, 1.54) is 81.7 Å². The van der Waals surface area contributed by atoms with Crippen molar-refractivity contribution in [3.8, 4) is 51.0 Å². The summed E-state index contributed by atoms with van der Waals surface area (Å²) < 4.78 is 16.6. The van der Waals surface area contributed by atoms with Crippen molar-refractivity contribution in [2.45, 2.75) is 0 Å². The van der Waals surface area contributed by atoms with Gasteiger partial charge in [-0.3, -0.25) is 0 Å². The zero-order valence-electron chi connectivity index (χ0n) is 39.7. The molecule has 306 valence electrons. The quantitative estimate of drug-likeness (QED) is 0.166. The number of rotatable bonds is 5. The number of aromatic nitrogens is 4. The first-order chi connectivity index (χ1) is 32.4. The van der Waals surface area contributed by atoms with Crippen molar-refractivity contribution in [2.75, 3.05) is 0 Å². The third-order valence-corrected chi connectivity index (χ3v) is 15.3. The third kappa shape index (κ3) is 6.07. The van der Waals surface area contributed by atoms with E-state index in [4.69, 9.17) is 23.8 Å². The second kappa shape index (κ2) is 15.2. The van der Waals surface area contributed by atoms with Gasteiger partial charge in [0, 0.05) is 55.2 Å². The Hall–Kier alpha value is -7.18. The second-order valence-corrected chi connectivity index (χ2v) is 18.7. The van der Waals surface area contributed by atoms with Crippen LogP contribution in [0.1, 0.15) is 0 Å². The summed E-state index contributed by atoms with van der Waals surface area (Å²) in [5, 5.41) is 7.03. The lowest BCUT2D eigenvalue weighted by Gasteiger charge is -2.15. The summed E-state index contributed by atoms with van der Waals surface area (Å²) in [6, 6.07) is 41.9. The van der Waals surface area contributed by atoms with Gasteiger partial charge in [0.05, 0.1) is 11.2 Å². The zero-order valence-corrected chi connectivity index (χ0v) is 39.7. The fourth-order valence-electron chi connectivity index (χ4n) is 10.8. The van der Waals surface area contributed by atoms with Gasteiger partial charge in [0.25, 0.3) is 0 Å². The molecule has 0 saturated carbocycles. The molecule has 0 amide bonds. The summed E-state index contributed by atoms with van der Waals surface area (Å²) in [5.41, 5.74) is 24.6. The molecule has 0 aliphatic carbocycles. The number of nitrogens with zero attached hydrogens (tertiary/aromatic N) is 4. The van der Waals surface area contributed by atoms with Crippen LogP contribution in [0, 0.1) is 0 Å². The first-order valence-corrected chi connectivity index (χ1v) is 23.2. The van der Waals surface area contributed by atoms with Crippen molar-refractivity contribution in [1.82, 2.24) is 19.5 Å². The van der Waals surface area contributed by atoms with E-state index in [1.807, 2.05) is 36.4 Å². The predicted octanol–water partition coefficient (Wildman–Crippen LogP) is -3.98. The molecule has 16 heteroatoms. The Morgan fingerprint density at radius 2 is 0.806 bits per heavy atom. The first-order valence-electron chi connectivity index (χ1n) is 23.2. The summed E-state index contributed by atoms with van der Waals surface area (Å²) in [6.45, 7) is 0. The van der Waals surface area contributed by atoms with Crippen LogP contribution < -0.4 is 54.6 Å². The van der Waals surface area contributed by atoms with Crippen LogP contribution in [-0.2, 0) is 0 Å². The highest BCUT2D eigenvalue weighted by atomic mass is 16.3. The maximum Gasteiger partial charge on any atom is 0.164 e. The van der Waals surface area contributed by atoms with Crippen molar-refractivity contribution in [3.05, 3.63) is 121 Å². The average Bonchev–Trinajstić information content (AvgIpc) is 4.06. The van der Waals surface area contributed by atoms with Crippen LogP contribution in [-0.4, -0.2) is 98.0 Å². The lowest BCUT2D eigenvalue weighted by atomic mass is 9.64. The van der Waals surface area contributed by atoms with Gasteiger partial charge in [-0.05, 0) is 46.8 Å². The van der Waals surface area contributed by atoms with Gasteiger partial charge in [0.2, 0.25) is 0 Å². The molecule has 67 heavy (non-hydrogen) atoms. The summed E-state index contributed by atoms with van der Waals surface area (Å²) >= 11 is 0. The molecule has 0 N–H and O–H groups in total. The van der Waals surface area contributed by atoms with Gasteiger partial charge in [0.1, 0.15) is 95.2 Å². The van der Waals surface area contributed by atoms with E-state index in [2.05, 4.69) is 168 Å². The van der Waals surface area contributed by atoms with E-state index in [1.54, 1.807) is 0 Å². The molecule has 0 spiro atoms. The van der Waals surface area contributed by atoms with Crippen LogP contribution in [0.2, 0.25) is 0 Å². The topological polar surface area (TPSA) is 69.9 Å². The smallest absolute Gasteiger partial charge is 0.164 e. The SMILES string of the molecule is Bc1c(B)c(B)c2c(oc3c2c(B)c(B)c2c4c(B)c(B)c(B)c(B)c4n(-c4ccc5c(c4)oc4cc(-c6nc(-c7ccccc7)nc(-c7cccc(-c8ccccc8)c7)n6)ccc45)c32)c1B. The fraction of sp³-hybridized carbons (Fsp3) is 0. The third-order valence-electron chi connectivity index (χ3n) is 15.3. The van der Waals surface area contributed by atoms with Gasteiger partial charge in [0.15, 0.2) is 23.1 Å². The van der Waals surface area contributed by atoms with Crippen LogP contribution >= 0.6 is 0 Å². The lowest BCUT2D eigenvalue weighted by molar-refractivity contribution is 0.668. The van der Waals surface area contributed by atoms with Gasteiger partial charge < -0.3 is 13.4 Å². The number of furan rings is 2. The Labute approximate surface area is 397 Å². The molecule has 8 aromatic carbocycles. The molecule has 0 aliphatic heterocycles. The minimum atomic E-state index is 0.579. The van der Waals surface area contributed by atoms with E-state index >= 15 is 0 Å². The largest absolute Gasteiger partial charge is 0.456 e. The zero-order chi connectivity index (χ0) is 46.2. The highest BCUT2D eigenvalue weighted by Gasteiger charge is 2.28. The molecule has 0 fully saturated rings. The molecule has 0 bridgehead atoms. The Morgan fingerprint density at radius 1 is 0.328 bits per heavy atom.